The van der Waals surface area contributed by atoms with E-state index < -0.39 is 20.7 Å². The second-order valence-corrected chi connectivity index (χ2v) is 8.00. The Labute approximate surface area is 106 Å². The van der Waals surface area contributed by atoms with Crippen molar-refractivity contribution in [3.8, 4) is 0 Å². The van der Waals surface area contributed by atoms with E-state index in [0.29, 0.717) is 13.0 Å². The van der Waals surface area contributed by atoms with E-state index in [2.05, 4.69) is 0 Å². The highest BCUT2D eigenvalue weighted by atomic mass is 35.7. The highest BCUT2D eigenvalue weighted by Crippen LogP contribution is 2.22. The van der Waals surface area contributed by atoms with Gasteiger partial charge < -0.3 is 9.64 Å². The molecule has 0 bridgehead atoms. The van der Waals surface area contributed by atoms with Crippen molar-refractivity contribution >= 4 is 25.8 Å². The van der Waals surface area contributed by atoms with Crippen molar-refractivity contribution in [1.82, 2.24) is 4.90 Å². The lowest BCUT2D eigenvalue weighted by atomic mass is 10.2. The zero-order valence-electron chi connectivity index (χ0n) is 10.3. The van der Waals surface area contributed by atoms with Crippen LogP contribution in [0.3, 0.4) is 0 Å². The molecule has 1 amide bonds. The largest absolute Gasteiger partial charge is 0.444 e. The van der Waals surface area contributed by atoms with Crippen LogP contribution in [-0.2, 0) is 13.8 Å². The molecule has 0 aromatic rings. The molecule has 7 heteroatoms. The summed E-state index contributed by atoms with van der Waals surface area (Å²) < 4.78 is 27.3. The van der Waals surface area contributed by atoms with Crippen LogP contribution in [0.25, 0.3) is 0 Å². The quantitative estimate of drug-likeness (QED) is 0.727. The summed E-state index contributed by atoms with van der Waals surface area (Å²) in [6.07, 6.45) is 0.946. The molecule has 100 valence electrons. The van der Waals surface area contributed by atoms with Crippen LogP contribution in [-0.4, -0.2) is 43.4 Å². The van der Waals surface area contributed by atoms with Gasteiger partial charge in [0.1, 0.15) is 5.60 Å². The zero-order chi connectivity index (χ0) is 13.3. The third kappa shape index (κ3) is 5.12. The summed E-state index contributed by atoms with van der Waals surface area (Å²) in [4.78, 5) is 13.3. The molecule has 1 heterocycles. The molecule has 0 aromatic heterocycles. The Balaban J connectivity index is 2.66. The van der Waals surface area contributed by atoms with Gasteiger partial charge in [-0.1, -0.05) is 0 Å². The lowest BCUT2D eigenvalue weighted by molar-refractivity contribution is 0.0241. The lowest BCUT2D eigenvalue weighted by Gasteiger charge is -2.28. The molecule has 0 unspecified atom stereocenters. The number of ether oxygens (including phenoxy) is 1. The summed E-state index contributed by atoms with van der Waals surface area (Å²) in [5.74, 6) is -0.214. The van der Waals surface area contributed by atoms with Gasteiger partial charge in [-0.2, -0.15) is 0 Å². The minimum Gasteiger partial charge on any atom is -0.444 e. The van der Waals surface area contributed by atoms with Crippen LogP contribution >= 0.6 is 10.7 Å². The van der Waals surface area contributed by atoms with Crippen molar-refractivity contribution in [2.45, 2.75) is 45.3 Å². The van der Waals surface area contributed by atoms with Crippen LogP contribution in [0.2, 0.25) is 0 Å². The first-order chi connectivity index (χ1) is 7.58. The molecule has 1 fully saturated rings. The predicted octanol–water partition coefficient (Wildman–Crippen LogP) is 1.95. The number of nitrogens with zero attached hydrogens (tertiary/aromatic N) is 1. The SMILES string of the molecule is CC(C)(C)OC(=O)N1CCC[C@@H]1CS(=O)(=O)Cl. The molecular formula is C10H18ClNO4S. The minimum absolute atomic E-state index is 0.214. The Morgan fingerprint density at radius 3 is 2.53 bits per heavy atom. The van der Waals surface area contributed by atoms with Crippen molar-refractivity contribution in [2.75, 3.05) is 12.3 Å². The number of hydrogen-bond acceptors (Lipinski definition) is 4. The van der Waals surface area contributed by atoms with Crippen LogP contribution in [0, 0.1) is 0 Å². The molecule has 17 heavy (non-hydrogen) atoms. The fourth-order valence-electron chi connectivity index (χ4n) is 1.80. The third-order valence-electron chi connectivity index (χ3n) is 2.40. The maximum absolute atomic E-state index is 11.8. The normalized spacial score (nSPS) is 21.6. The van der Waals surface area contributed by atoms with Gasteiger partial charge in [0.05, 0.1) is 11.8 Å². The Kier molecular flexibility index (Phi) is 4.30. The fraction of sp³-hybridized carbons (Fsp3) is 0.900. The Morgan fingerprint density at radius 2 is 2.06 bits per heavy atom. The van der Waals surface area contributed by atoms with Crippen molar-refractivity contribution in [3.05, 3.63) is 0 Å². The van der Waals surface area contributed by atoms with Gasteiger partial charge in [0, 0.05) is 17.2 Å². The molecule has 0 radical (unpaired) electrons. The fourth-order valence-corrected chi connectivity index (χ4v) is 3.04. The maximum Gasteiger partial charge on any atom is 0.410 e. The topological polar surface area (TPSA) is 63.7 Å². The second kappa shape index (κ2) is 5.02. The number of hydrogen-bond donors (Lipinski definition) is 0. The summed E-state index contributed by atoms with van der Waals surface area (Å²) in [5.41, 5.74) is -0.579. The molecule has 0 saturated carbocycles. The third-order valence-corrected chi connectivity index (χ3v) is 3.56. The number of rotatable bonds is 2. The van der Waals surface area contributed by atoms with E-state index in [1.54, 1.807) is 20.8 Å². The maximum atomic E-state index is 11.8. The highest BCUT2D eigenvalue weighted by molar-refractivity contribution is 8.13. The molecule has 0 N–H and O–H groups in total. The van der Waals surface area contributed by atoms with E-state index in [0.717, 1.165) is 6.42 Å². The molecule has 1 saturated heterocycles. The lowest BCUT2D eigenvalue weighted by Crippen LogP contribution is -2.42. The number of carbonyl (C=O) groups is 1. The van der Waals surface area contributed by atoms with E-state index in [-0.39, 0.29) is 11.8 Å². The van der Waals surface area contributed by atoms with Gasteiger partial charge >= 0.3 is 6.09 Å². The van der Waals surface area contributed by atoms with Crippen LogP contribution in [0.4, 0.5) is 4.79 Å². The standard InChI is InChI=1S/C10H18ClNO4S/c1-10(2,3)16-9(13)12-6-4-5-8(12)7-17(11,14)15/h8H,4-7H2,1-3H3/t8-/m1/s1. The van der Waals surface area contributed by atoms with Gasteiger partial charge in [0.15, 0.2) is 0 Å². The molecule has 0 spiro atoms. The Bertz CT molecular complexity index is 388. The molecular weight excluding hydrogens is 266 g/mol. The van der Waals surface area contributed by atoms with E-state index in [1.165, 1.54) is 4.90 Å². The molecule has 5 nitrogen and oxygen atoms in total. The van der Waals surface area contributed by atoms with E-state index in [9.17, 15) is 13.2 Å². The molecule has 0 aromatic carbocycles. The molecule has 1 atom stereocenters. The summed E-state index contributed by atoms with van der Waals surface area (Å²) >= 11 is 0. The first-order valence-corrected chi connectivity index (χ1v) is 7.98. The second-order valence-electron chi connectivity index (χ2n) is 5.18. The number of carbonyl (C=O) groups excluding carboxylic acids is 1. The van der Waals surface area contributed by atoms with Gasteiger partial charge in [-0.25, -0.2) is 13.2 Å². The van der Waals surface area contributed by atoms with Crippen molar-refractivity contribution < 1.29 is 17.9 Å². The van der Waals surface area contributed by atoms with E-state index >= 15 is 0 Å². The molecule has 1 aliphatic rings. The number of halogens is 1. The van der Waals surface area contributed by atoms with Crippen molar-refractivity contribution in [1.29, 1.82) is 0 Å². The zero-order valence-corrected chi connectivity index (χ0v) is 11.8. The summed E-state index contributed by atoms with van der Waals surface area (Å²) in [5, 5.41) is 0. The van der Waals surface area contributed by atoms with E-state index in [1.807, 2.05) is 0 Å². The molecule has 1 aliphatic heterocycles. The monoisotopic (exact) mass is 283 g/mol. The minimum atomic E-state index is -3.59. The van der Waals surface area contributed by atoms with Crippen molar-refractivity contribution in [3.63, 3.8) is 0 Å². The predicted molar refractivity (Wildman–Crippen MR) is 65.6 cm³/mol. The van der Waals surface area contributed by atoms with Gasteiger partial charge in [-0.3, -0.25) is 0 Å². The first-order valence-electron chi connectivity index (χ1n) is 5.50. The smallest absolute Gasteiger partial charge is 0.410 e. The Hall–Kier alpha value is -0.490. The Morgan fingerprint density at radius 1 is 1.47 bits per heavy atom. The van der Waals surface area contributed by atoms with E-state index in [4.69, 9.17) is 15.4 Å². The van der Waals surface area contributed by atoms with Crippen LogP contribution < -0.4 is 0 Å². The van der Waals surface area contributed by atoms with Gasteiger partial charge in [0.2, 0.25) is 9.05 Å². The van der Waals surface area contributed by atoms with Crippen molar-refractivity contribution in [2.24, 2.45) is 0 Å². The van der Waals surface area contributed by atoms with Crippen LogP contribution in [0.1, 0.15) is 33.6 Å². The van der Waals surface area contributed by atoms with Gasteiger partial charge in [0.25, 0.3) is 0 Å². The van der Waals surface area contributed by atoms with Crippen LogP contribution in [0.5, 0.6) is 0 Å². The first kappa shape index (κ1) is 14.6. The average Bonchev–Trinajstić information content (AvgIpc) is 2.45. The molecule has 1 rings (SSSR count). The summed E-state index contributed by atoms with van der Waals surface area (Å²) in [7, 11) is 1.61. The van der Waals surface area contributed by atoms with Gasteiger partial charge in [-0.05, 0) is 33.6 Å². The van der Waals surface area contributed by atoms with Gasteiger partial charge in [-0.15, -0.1) is 0 Å². The summed E-state index contributed by atoms with van der Waals surface area (Å²) in [6.45, 7) is 5.84. The number of likely N-dealkylation sites (tertiary alicyclic amines) is 1. The summed E-state index contributed by atoms with van der Waals surface area (Å²) in [6, 6.07) is -0.368. The molecule has 0 aliphatic carbocycles. The highest BCUT2D eigenvalue weighted by Gasteiger charge is 2.34. The average molecular weight is 284 g/mol. The number of amides is 1. The van der Waals surface area contributed by atoms with Crippen LogP contribution in [0.15, 0.2) is 0 Å².